The average molecular weight is 309 g/mol. The van der Waals surface area contributed by atoms with E-state index in [0.29, 0.717) is 11.1 Å². The summed E-state index contributed by atoms with van der Waals surface area (Å²) < 4.78 is 25.7. The molecule has 1 unspecified atom stereocenters. The van der Waals surface area contributed by atoms with E-state index in [1.165, 1.54) is 6.07 Å². The van der Waals surface area contributed by atoms with Gasteiger partial charge in [0.15, 0.2) is 0 Å². The first-order valence-corrected chi connectivity index (χ1v) is 7.87. The molecule has 0 aliphatic carbocycles. The number of nitrogens with zero attached hydrogens (tertiary/aromatic N) is 2. The van der Waals surface area contributed by atoms with E-state index >= 15 is 0 Å². The van der Waals surface area contributed by atoms with E-state index in [-0.39, 0.29) is 25.3 Å². The highest BCUT2D eigenvalue weighted by Crippen LogP contribution is 2.24. The van der Waals surface area contributed by atoms with Gasteiger partial charge in [0, 0.05) is 13.1 Å². The van der Waals surface area contributed by atoms with Gasteiger partial charge >= 0.3 is 5.97 Å². The van der Waals surface area contributed by atoms with Crippen LogP contribution in [0, 0.1) is 11.3 Å². The Kier molecular flexibility index (Phi) is 4.00. The Morgan fingerprint density at radius 3 is 2.81 bits per heavy atom. The van der Waals surface area contributed by atoms with Gasteiger partial charge in [-0.15, -0.1) is 0 Å². The van der Waals surface area contributed by atoms with Crippen molar-refractivity contribution in [2.24, 2.45) is 5.73 Å². The summed E-state index contributed by atoms with van der Waals surface area (Å²) >= 11 is 0. The van der Waals surface area contributed by atoms with Gasteiger partial charge in [0.25, 0.3) is 0 Å². The highest BCUT2D eigenvalue weighted by atomic mass is 32.2. The first-order chi connectivity index (χ1) is 9.77. The molecule has 0 radical (unpaired) electrons. The van der Waals surface area contributed by atoms with E-state index in [2.05, 4.69) is 0 Å². The molecule has 112 valence electrons. The molecule has 0 aromatic heterocycles. The lowest BCUT2D eigenvalue weighted by Crippen LogP contribution is -2.50. The molecule has 1 aromatic rings. The molecule has 1 atom stereocenters. The van der Waals surface area contributed by atoms with Gasteiger partial charge in [-0.3, -0.25) is 4.79 Å². The monoisotopic (exact) mass is 309 g/mol. The summed E-state index contributed by atoms with van der Waals surface area (Å²) in [5, 5.41) is 17.8. The molecular weight excluding hydrogens is 294 g/mol. The van der Waals surface area contributed by atoms with Crippen LogP contribution in [0.25, 0.3) is 0 Å². The molecule has 0 saturated carbocycles. The first kappa shape index (κ1) is 15.4. The lowest BCUT2D eigenvalue weighted by Gasteiger charge is -2.20. The molecule has 1 saturated heterocycles. The van der Waals surface area contributed by atoms with Crippen molar-refractivity contribution in [3.8, 4) is 6.07 Å². The topological polar surface area (TPSA) is 124 Å². The number of hydrogen-bond donors (Lipinski definition) is 2. The molecule has 21 heavy (non-hydrogen) atoms. The van der Waals surface area contributed by atoms with Crippen molar-refractivity contribution in [2.45, 2.75) is 17.7 Å². The predicted molar refractivity (Wildman–Crippen MR) is 74.5 cm³/mol. The Morgan fingerprint density at radius 2 is 2.24 bits per heavy atom. The molecule has 2 rings (SSSR count). The zero-order chi connectivity index (χ0) is 15.7. The molecule has 0 bridgehead atoms. The quantitative estimate of drug-likeness (QED) is 0.798. The molecule has 1 aromatic carbocycles. The third-order valence-corrected chi connectivity index (χ3v) is 5.29. The molecule has 1 aliphatic heterocycles. The number of carboxylic acid groups (broad SMARTS) is 1. The van der Waals surface area contributed by atoms with Gasteiger partial charge in [0.2, 0.25) is 10.0 Å². The fourth-order valence-corrected chi connectivity index (χ4v) is 3.82. The van der Waals surface area contributed by atoms with E-state index in [9.17, 15) is 13.2 Å². The summed E-state index contributed by atoms with van der Waals surface area (Å²) in [7, 11) is -3.66. The van der Waals surface area contributed by atoms with Crippen molar-refractivity contribution in [1.29, 1.82) is 5.26 Å². The maximum Gasteiger partial charge on any atom is 0.325 e. The number of carbonyl (C=O) groups is 1. The van der Waals surface area contributed by atoms with Crippen LogP contribution in [0.3, 0.4) is 0 Å². The van der Waals surface area contributed by atoms with Crippen LogP contribution in [0.4, 0.5) is 0 Å². The summed E-state index contributed by atoms with van der Waals surface area (Å²) in [5.74, 6) is -1.48. The molecule has 1 aliphatic rings. The average Bonchev–Trinajstić information content (AvgIpc) is 2.83. The second-order valence-corrected chi connectivity index (χ2v) is 7.08. The van der Waals surface area contributed by atoms with Crippen LogP contribution >= 0.6 is 0 Å². The summed E-state index contributed by atoms with van der Waals surface area (Å²) in [4.78, 5) is 11.1. The van der Waals surface area contributed by atoms with Crippen LogP contribution in [-0.2, 0) is 20.6 Å². The number of aliphatic carboxylic acids is 1. The minimum Gasteiger partial charge on any atom is -0.480 e. The van der Waals surface area contributed by atoms with Gasteiger partial charge in [-0.25, -0.2) is 8.42 Å². The van der Waals surface area contributed by atoms with E-state index in [4.69, 9.17) is 16.1 Å². The van der Waals surface area contributed by atoms with Crippen molar-refractivity contribution in [3.63, 3.8) is 0 Å². The lowest BCUT2D eigenvalue weighted by atomic mass is 10.0. The number of hydrogen-bond acceptors (Lipinski definition) is 5. The molecule has 0 spiro atoms. The third-order valence-electron chi connectivity index (χ3n) is 3.49. The SMILES string of the molecule is N#Cc1cccc(CS(=O)(=O)N2CCC(N)(C(=O)O)C2)c1. The van der Waals surface area contributed by atoms with E-state index < -0.39 is 21.5 Å². The maximum atomic E-state index is 12.3. The molecular formula is C13H15N3O4S. The molecule has 0 amide bonds. The van der Waals surface area contributed by atoms with E-state index in [0.717, 1.165) is 4.31 Å². The van der Waals surface area contributed by atoms with Gasteiger partial charge in [-0.05, 0) is 24.1 Å². The minimum absolute atomic E-state index is 0.0831. The third kappa shape index (κ3) is 3.21. The van der Waals surface area contributed by atoms with Crippen molar-refractivity contribution in [1.82, 2.24) is 4.31 Å². The summed E-state index contributed by atoms with van der Waals surface area (Å²) in [5.41, 5.74) is 5.02. The minimum atomic E-state index is -3.66. The summed E-state index contributed by atoms with van der Waals surface area (Å²) in [6.07, 6.45) is 0.0831. The van der Waals surface area contributed by atoms with Crippen molar-refractivity contribution in [2.75, 3.05) is 13.1 Å². The number of sulfonamides is 1. The highest BCUT2D eigenvalue weighted by Gasteiger charge is 2.45. The van der Waals surface area contributed by atoms with Crippen LogP contribution < -0.4 is 5.73 Å². The largest absolute Gasteiger partial charge is 0.480 e. The normalized spacial score (nSPS) is 22.9. The highest BCUT2D eigenvalue weighted by molar-refractivity contribution is 7.88. The van der Waals surface area contributed by atoms with E-state index in [1.54, 1.807) is 18.2 Å². The number of benzene rings is 1. The first-order valence-electron chi connectivity index (χ1n) is 6.26. The van der Waals surface area contributed by atoms with Crippen LogP contribution in [-0.4, -0.2) is 42.4 Å². The van der Waals surface area contributed by atoms with Crippen LogP contribution in [0.1, 0.15) is 17.5 Å². The fourth-order valence-electron chi connectivity index (χ4n) is 2.24. The van der Waals surface area contributed by atoms with Gasteiger partial charge in [-0.2, -0.15) is 9.57 Å². The molecule has 1 heterocycles. The maximum absolute atomic E-state index is 12.3. The molecule has 3 N–H and O–H groups in total. The van der Waals surface area contributed by atoms with Crippen LogP contribution in [0.2, 0.25) is 0 Å². The lowest BCUT2D eigenvalue weighted by molar-refractivity contribution is -0.142. The Labute approximate surface area is 122 Å². The Hall–Kier alpha value is -1.95. The second kappa shape index (κ2) is 5.44. The number of carboxylic acids is 1. The van der Waals surface area contributed by atoms with Crippen molar-refractivity contribution in [3.05, 3.63) is 35.4 Å². The van der Waals surface area contributed by atoms with Gasteiger partial charge in [-0.1, -0.05) is 12.1 Å². The Balaban J connectivity index is 2.17. The summed E-state index contributed by atoms with van der Waals surface area (Å²) in [6, 6.07) is 8.25. The standard InChI is InChI=1S/C13H15N3O4S/c14-7-10-2-1-3-11(6-10)8-21(19,20)16-5-4-13(15,9-16)12(17)18/h1-3,6H,4-5,8-9,15H2,(H,17,18). The van der Waals surface area contributed by atoms with Crippen LogP contribution in [0.15, 0.2) is 24.3 Å². The molecule has 8 heteroatoms. The van der Waals surface area contributed by atoms with Gasteiger partial charge < -0.3 is 10.8 Å². The molecule has 1 fully saturated rings. The predicted octanol–water partition coefficient (Wildman–Crippen LogP) is -0.124. The van der Waals surface area contributed by atoms with E-state index in [1.807, 2.05) is 6.07 Å². The Morgan fingerprint density at radius 1 is 1.52 bits per heavy atom. The van der Waals surface area contributed by atoms with Crippen molar-refractivity contribution < 1.29 is 18.3 Å². The van der Waals surface area contributed by atoms with Crippen molar-refractivity contribution >= 4 is 16.0 Å². The zero-order valence-electron chi connectivity index (χ0n) is 11.2. The molecule has 7 nitrogen and oxygen atoms in total. The smallest absolute Gasteiger partial charge is 0.325 e. The van der Waals surface area contributed by atoms with Gasteiger partial charge in [0.05, 0.1) is 17.4 Å². The van der Waals surface area contributed by atoms with Crippen LogP contribution in [0.5, 0.6) is 0 Å². The number of rotatable bonds is 4. The number of nitrogens with two attached hydrogens (primary N) is 1. The Bertz CT molecular complexity index is 710. The zero-order valence-corrected chi connectivity index (χ0v) is 12.0. The number of nitriles is 1. The van der Waals surface area contributed by atoms with Gasteiger partial charge in [0.1, 0.15) is 5.54 Å². The fraction of sp³-hybridized carbons (Fsp3) is 0.385. The summed E-state index contributed by atoms with van der Waals surface area (Å²) in [6.45, 7) is -0.147. The second-order valence-electron chi connectivity index (χ2n) is 5.11.